The summed E-state index contributed by atoms with van der Waals surface area (Å²) in [7, 11) is 1.88. The highest BCUT2D eigenvalue weighted by atomic mass is 16.2. The van der Waals surface area contributed by atoms with Gasteiger partial charge < -0.3 is 15.5 Å². The van der Waals surface area contributed by atoms with E-state index in [1.807, 2.05) is 14.0 Å². The van der Waals surface area contributed by atoms with Crippen molar-refractivity contribution in [1.29, 1.82) is 0 Å². The monoisotopic (exact) mass is 284 g/mol. The highest BCUT2D eigenvalue weighted by Gasteiger charge is 2.17. The normalized spacial score (nSPS) is 17.9. The van der Waals surface area contributed by atoms with Gasteiger partial charge in [0.05, 0.1) is 6.54 Å². The summed E-state index contributed by atoms with van der Waals surface area (Å²) in [5.41, 5.74) is 5.52. The van der Waals surface area contributed by atoms with Gasteiger partial charge in [-0.25, -0.2) is 0 Å². The van der Waals surface area contributed by atoms with E-state index in [4.69, 9.17) is 5.73 Å². The molecule has 5 nitrogen and oxygen atoms in total. The molecule has 118 valence electrons. The number of hydrogen-bond donors (Lipinski definition) is 1. The number of carbonyl (C=O) groups is 1. The van der Waals surface area contributed by atoms with Crippen LogP contribution in [0.5, 0.6) is 0 Å². The first-order valence-corrected chi connectivity index (χ1v) is 8.06. The molecular formula is C15H32N4O. The Hall–Kier alpha value is -0.650. The van der Waals surface area contributed by atoms with Crippen LogP contribution in [0.25, 0.3) is 0 Å². The van der Waals surface area contributed by atoms with E-state index in [2.05, 4.69) is 9.80 Å². The summed E-state index contributed by atoms with van der Waals surface area (Å²) in [5.74, 6) is 0.240. The lowest BCUT2D eigenvalue weighted by molar-refractivity contribution is -0.130. The zero-order valence-electron chi connectivity index (χ0n) is 13.3. The molecule has 0 aromatic rings. The smallest absolute Gasteiger partial charge is 0.236 e. The molecule has 0 aromatic heterocycles. The van der Waals surface area contributed by atoms with Gasteiger partial charge in [-0.1, -0.05) is 6.42 Å². The minimum atomic E-state index is 0.240. The van der Waals surface area contributed by atoms with Crippen molar-refractivity contribution in [2.45, 2.75) is 32.6 Å². The lowest BCUT2D eigenvalue weighted by Gasteiger charge is -2.23. The Balaban J connectivity index is 2.23. The Morgan fingerprint density at radius 3 is 2.50 bits per heavy atom. The molecule has 2 N–H and O–H groups in total. The van der Waals surface area contributed by atoms with Crippen LogP contribution >= 0.6 is 0 Å². The highest BCUT2D eigenvalue weighted by Crippen LogP contribution is 2.06. The van der Waals surface area contributed by atoms with Gasteiger partial charge in [-0.2, -0.15) is 0 Å². The van der Waals surface area contributed by atoms with E-state index >= 15 is 0 Å². The van der Waals surface area contributed by atoms with Crippen LogP contribution in [-0.2, 0) is 4.79 Å². The molecule has 0 bridgehead atoms. The van der Waals surface area contributed by atoms with E-state index in [1.54, 1.807) is 4.90 Å². The maximum atomic E-state index is 11.9. The fourth-order valence-electron chi connectivity index (χ4n) is 2.55. The Labute approximate surface area is 124 Å². The third-order valence-electron chi connectivity index (χ3n) is 4.12. The van der Waals surface area contributed by atoms with Gasteiger partial charge in [0.15, 0.2) is 0 Å². The van der Waals surface area contributed by atoms with E-state index in [-0.39, 0.29) is 5.91 Å². The van der Waals surface area contributed by atoms with Crippen molar-refractivity contribution in [1.82, 2.24) is 14.7 Å². The van der Waals surface area contributed by atoms with Crippen LogP contribution in [0.1, 0.15) is 32.6 Å². The summed E-state index contributed by atoms with van der Waals surface area (Å²) in [6.07, 6.45) is 4.78. The predicted molar refractivity (Wildman–Crippen MR) is 83.7 cm³/mol. The van der Waals surface area contributed by atoms with Crippen LogP contribution in [0.4, 0.5) is 0 Å². The molecule has 0 aromatic carbocycles. The van der Waals surface area contributed by atoms with Crippen molar-refractivity contribution in [2.24, 2.45) is 5.73 Å². The maximum absolute atomic E-state index is 11.9. The molecule has 0 atom stereocenters. The van der Waals surface area contributed by atoms with E-state index < -0.39 is 0 Å². The summed E-state index contributed by atoms with van der Waals surface area (Å²) in [4.78, 5) is 18.6. The second kappa shape index (κ2) is 10.1. The molecule has 0 saturated carbocycles. The highest BCUT2D eigenvalue weighted by molar-refractivity contribution is 5.77. The molecule has 5 heteroatoms. The van der Waals surface area contributed by atoms with Gasteiger partial charge in [0.2, 0.25) is 5.91 Å². The number of nitrogens with zero attached hydrogens (tertiary/aromatic N) is 3. The van der Waals surface area contributed by atoms with Gasteiger partial charge in [0.25, 0.3) is 0 Å². The quantitative estimate of drug-likeness (QED) is 0.663. The number of rotatable bonds is 8. The van der Waals surface area contributed by atoms with Gasteiger partial charge in [-0.3, -0.25) is 9.69 Å². The second-order valence-corrected chi connectivity index (χ2v) is 5.73. The van der Waals surface area contributed by atoms with E-state index in [1.165, 1.54) is 25.8 Å². The van der Waals surface area contributed by atoms with Crippen molar-refractivity contribution in [3.63, 3.8) is 0 Å². The number of nitrogens with two attached hydrogens (primary N) is 1. The lowest BCUT2D eigenvalue weighted by Crippen LogP contribution is -2.40. The fraction of sp³-hybridized carbons (Fsp3) is 0.933. The van der Waals surface area contributed by atoms with Gasteiger partial charge in [0, 0.05) is 26.7 Å². The molecular weight excluding hydrogens is 252 g/mol. The molecule has 0 aliphatic carbocycles. The number of carbonyl (C=O) groups excluding carboxylic acids is 1. The van der Waals surface area contributed by atoms with E-state index in [0.717, 1.165) is 45.7 Å². The topological polar surface area (TPSA) is 52.8 Å². The van der Waals surface area contributed by atoms with Crippen molar-refractivity contribution in [3.8, 4) is 0 Å². The van der Waals surface area contributed by atoms with Gasteiger partial charge in [-0.05, 0) is 52.4 Å². The first kappa shape index (κ1) is 17.4. The second-order valence-electron chi connectivity index (χ2n) is 5.73. The number of likely N-dealkylation sites (N-methyl/N-ethyl adjacent to an activating group) is 1. The Morgan fingerprint density at radius 2 is 1.80 bits per heavy atom. The summed E-state index contributed by atoms with van der Waals surface area (Å²) >= 11 is 0. The molecule has 0 unspecified atom stereocenters. The summed E-state index contributed by atoms with van der Waals surface area (Å²) < 4.78 is 0. The molecule has 1 rings (SSSR count). The first-order chi connectivity index (χ1) is 9.67. The van der Waals surface area contributed by atoms with Crippen molar-refractivity contribution >= 4 is 5.91 Å². The average Bonchev–Trinajstić information content (AvgIpc) is 2.68. The summed E-state index contributed by atoms with van der Waals surface area (Å²) in [5, 5.41) is 0. The molecule has 20 heavy (non-hydrogen) atoms. The van der Waals surface area contributed by atoms with Crippen molar-refractivity contribution in [2.75, 3.05) is 59.4 Å². The van der Waals surface area contributed by atoms with Crippen LogP contribution in [0.3, 0.4) is 0 Å². The van der Waals surface area contributed by atoms with Crippen molar-refractivity contribution in [3.05, 3.63) is 0 Å². The van der Waals surface area contributed by atoms with Crippen molar-refractivity contribution < 1.29 is 4.79 Å². The van der Waals surface area contributed by atoms with Crippen LogP contribution in [0.15, 0.2) is 0 Å². The average molecular weight is 284 g/mol. The number of amides is 1. The molecule has 0 spiro atoms. The summed E-state index contributed by atoms with van der Waals surface area (Å²) in [6.45, 7) is 9.68. The van der Waals surface area contributed by atoms with E-state index in [0.29, 0.717) is 6.54 Å². The van der Waals surface area contributed by atoms with Crippen LogP contribution < -0.4 is 5.73 Å². The third kappa shape index (κ3) is 6.68. The van der Waals surface area contributed by atoms with E-state index in [9.17, 15) is 4.79 Å². The largest absolute Gasteiger partial charge is 0.345 e. The minimum Gasteiger partial charge on any atom is -0.345 e. The maximum Gasteiger partial charge on any atom is 0.236 e. The molecule has 1 saturated heterocycles. The number of unbranched alkanes of at least 4 members (excludes halogenated alkanes) is 2. The number of hydrogen-bond acceptors (Lipinski definition) is 4. The molecule has 1 heterocycles. The van der Waals surface area contributed by atoms with Crippen LogP contribution in [-0.4, -0.2) is 80.0 Å². The lowest BCUT2D eigenvalue weighted by atomic mass is 10.2. The first-order valence-electron chi connectivity index (χ1n) is 8.06. The van der Waals surface area contributed by atoms with Gasteiger partial charge in [-0.15, -0.1) is 0 Å². The summed E-state index contributed by atoms with van der Waals surface area (Å²) in [6, 6.07) is 0. The fourth-order valence-corrected chi connectivity index (χ4v) is 2.55. The molecule has 1 aliphatic heterocycles. The molecule has 1 amide bonds. The predicted octanol–water partition coefficient (Wildman–Crippen LogP) is 0.601. The zero-order chi connectivity index (χ0) is 14.8. The van der Waals surface area contributed by atoms with Gasteiger partial charge in [0.1, 0.15) is 0 Å². The molecule has 0 radical (unpaired) electrons. The SMILES string of the molecule is CCN(C)C(=O)CN1CCCN(CCCCCN)CC1. The Kier molecular flexibility index (Phi) is 8.82. The minimum absolute atomic E-state index is 0.240. The Bertz CT molecular complexity index is 273. The van der Waals surface area contributed by atoms with Gasteiger partial charge >= 0.3 is 0 Å². The molecule has 1 fully saturated rings. The standard InChI is InChI=1S/C15H32N4O/c1-3-17(2)15(20)14-19-11-7-10-18(12-13-19)9-6-4-5-8-16/h3-14,16H2,1-2H3. The zero-order valence-corrected chi connectivity index (χ0v) is 13.3. The molecule has 1 aliphatic rings. The van der Waals surface area contributed by atoms with Crippen LogP contribution in [0.2, 0.25) is 0 Å². The Morgan fingerprint density at radius 1 is 1.10 bits per heavy atom. The van der Waals surface area contributed by atoms with Crippen LogP contribution in [0, 0.1) is 0 Å². The third-order valence-corrected chi connectivity index (χ3v) is 4.12.